The number of rotatable bonds is 5. The average molecular weight is 386 g/mol. The second-order valence-electron chi connectivity index (χ2n) is 6.92. The van der Waals surface area contributed by atoms with Gasteiger partial charge in [0.15, 0.2) is 6.61 Å². The van der Waals surface area contributed by atoms with E-state index in [-0.39, 0.29) is 0 Å². The molecular weight excluding hydrogens is 362 g/mol. The molecule has 0 saturated carbocycles. The Morgan fingerprint density at radius 2 is 2.08 bits per heavy atom. The highest BCUT2D eigenvalue weighted by Gasteiger charge is 2.47. The van der Waals surface area contributed by atoms with E-state index in [4.69, 9.17) is 26.2 Å². The number of carboxylic acids is 1. The SMILES string of the molecule is O=C(O)COc1ccc(Cl)cc1CN1CCC2(CC1)OCC[C@H](O)[C@@H]2O. The Morgan fingerprint density at radius 3 is 2.77 bits per heavy atom. The number of hydrogen-bond donors (Lipinski definition) is 3. The molecule has 1 spiro atoms. The summed E-state index contributed by atoms with van der Waals surface area (Å²) in [5, 5.41) is 29.7. The van der Waals surface area contributed by atoms with E-state index in [1.165, 1.54) is 0 Å². The number of aliphatic carboxylic acids is 1. The number of benzene rings is 1. The van der Waals surface area contributed by atoms with E-state index in [1.807, 2.05) is 0 Å². The number of aliphatic hydroxyl groups excluding tert-OH is 2. The second-order valence-corrected chi connectivity index (χ2v) is 7.36. The highest BCUT2D eigenvalue weighted by Crippen LogP contribution is 2.36. The van der Waals surface area contributed by atoms with E-state index in [1.54, 1.807) is 18.2 Å². The van der Waals surface area contributed by atoms with Gasteiger partial charge in [0.1, 0.15) is 11.9 Å². The van der Waals surface area contributed by atoms with E-state index in [0.717, 1.165) is 5.56 Å². The van der Waals surface area contributed by atoms with Crippen LogP contribution in [0.1, 0.15) is 24.8 Å². The predicted octanol–water partition coefficient (Wildman–Crippen LogP) is 1.28. The average Bonchev–Trinajstić information content (AvgIpc) is 2.61. The quantitative estimate of drug-likeness (QED) is 0.702. The molecule has 7 nitrogen and oxygen atoms in total. The van der Waals surface area contributed by atoms with Crippen molar-refractivity contribution in [3.63, 3.8) is 0 Å². The molecule has 26 heavy (non-hydrogen) atoms. The highest BCUT2D eigenvalue weighted by atomic mass is 35.5. The summed E-state index contributed by atoms with van der Waals surface area (Å²) in [6, 6.07) is 5.12. The lowest BCUT2D eigenvalue weighted by Gasteiger charge is -2.48. The van der Waals surface area contributed by atoms with Crippen LogP contribution >= 0.6 is 11.6 Å². The van der Waals surface area contributed by atoms with Crippen LogP contribution in [0, 0.1) is 0 Å². The molecule has 2 aliphatic heterocycles. The monoisotopic (exact) mass is 385 g/mol. The minimum absolute atomic E-state index is 0.407. The third-order valence-electron chi connectivity index (χ3n) is 5.18. The van der Waals surface area contributed by atoms with Crippen molar-refractivity contribution in [3.05, 3.63) is 28.8 Å². The number of piperidine rings is 1. The van der Waals surface area contributed by atoms with Crippen LogP contribution in [0.15, 0.2) is 18.2 Å². The summed E-state index contributed by atoms with van der Waals surface area (Å²) in [7, 11) is 0. The maximum absolute atomic E-state index is 10.8. The van der Waals surface area contributed by atoms with Gasteiger partial charge in [0, 0.05) is 30.2 Å². The number of carboxylic acid groups (broad SMARTS) is 1. The van der Waals surface area contributed by atoms with Crippen LogP contribution in [0.25, 0.3) is 0 Å². The van der Waals surface area contributed by atoms with Crippen molar-refractivity contribution < 1.29 is 29.6 Å². The number of halogens is 1. The van der Waals surface area contributed by atoms with Crippen molar-refractivity contribution in [1.29, 1.82) is 0 Å². The lowest BCUT2D eigenvalue weighted by Crippen LogP contribution is -2.59. The first kappa shape index (κ1) is 19.4. The number of likely N-dealkylation sites (tertiary alicyclic amines) is 1. The summed E-state index contributed by atoms with van der Waals surface area (Å²) in [5.74, 6) is -0.533. The second kappa shape index (κ2) is 8.10. The van der Waals surface area contributed by atoms with Gasteiger partial charge in [0.2, 0.25) is 0 Å². The first-order valence-electron chi connectivity index (χ1n) is 8.75. The molecule has 2 atom stereocenters. The van der Waals surface area contributed by atoms with Crippen molar-refractivity contribution in [2.75, 3.05) is 26.3 Å². The number of aliphatic hydroxyl groups is 2. The van der Waals surface area contributed by atoms with E-state index in [0.29, 0.717) is 56.3 Å². The third-order valence-corrected chi connectivity index (χ3v) is 5.41. The fourth-order valence-electron chi connectivity index (χ4n) is 3.70. The van der Waals surface area contributed by atoms with Crippen LogP contribution in [0.2, 0.25) is 5.02 Å². The Kier molecular flexibility index (Phi) is 6.04. The molecule has 1 aromatic rings. The van der Waals surface area contributed by atoms with Gasteiger partial charge in [-0.3, -0.25) is 4.90 Å². The van der Waals surface area contributed by atoms with Crippen molar-refractivity contribution in [1.82, 2.24) is 4.90 Å². The number of ether oxygens (including phenoxy) is 2. The minimum Gasteiger partial charge on any atom is -0.482 e. The van der Waals surface area contributed by atoms with Gasteiger partial charge in [-0.2, -0.15) is 0 Å². The third kappa shape index (κ3) is 4.29. The molecule has 3 rings (SSSR count). The molecule has 2 aliphatic rings. The number of carbonyl (C=O) groups is 1. The van der Waals surface area contributed by atoms with Gasteiger partial charge in [0.05, 0.1) is 18.3 Å². The van der Waals surface area contributed by atoms with Crippen molar-refractivity contribution >= 4 is 17.6 Å². The van der Waals surface area contributed by atoms with Gasteiger partial charge >= 0.3 is 5.97 Å². The topological polar surface area (TPSA) is 99.5 Å². The Morgan fingerprint density at radius 1 is 1.35 bits per heavy atom. The van der Waals surface area contributed by atoms with Gasteiger partial charge in [-0.25, -0.2) is 4.79 Å². The molecular formula is C18H24ClNO6. The summed E-state index contributed by atoms with van der Waals surface area (Å²) < 4.78 is 11.2. The Labute approximate surface area is 157 Å². The van der Waals surface area contributed by atoms with Crippen LogP contribution in [0.5, 0.6) is 5.75 Å². The molecule has 0 bridgehead atoms. The Bertz CT molecular complexity index is 647. The fraction of sp³-hybridized carbons (Fsp3) is 0.611. The predicted molar refractivity (Wildman–Crippen MR) is 94.4 cm³/mol. The lowest BCUT2D eigenvalue weighted by molar-refractivity contribution is -0.214. The Hall–Kier alpha value is -1.38. The van der Waals surface area contributed by atoms with Gasteiger partial charge in [-0.05, 0) is 37.5 Å². The largest absolute Gasteiger partial charge is 0.482 e. The molecule has 2 saturated heterocycles. The van der Waals surface area contributed by atoms with Gasteiger partial charge in [0.25, 0.3) is 0 Å². The van der Waals surface area contributed by atoms with Crippen molar-refractivity contribution in [3.8, 4) is 5.75 Å². The molecule has 0 aliphatic carbocycles. The lowest BCUT2D eigenvalue weighted by atomic mass is 9.80. The zero-order valence-corrected chi connectivity index (χ0v) is 15.2. The summed E-state index contributed by atoms with van der Waals surface area (Å²) in [5.41, 5.74) is 0.144. The molecule has 0 amide bonds. The summed E-state index contributed by atoms with van der Waals surface area (Å²) in [6.07, 6.45) is 0.103. The molecule has 0 unspecified atom stereocenters. The van der Waals surface area contributed by atoms with Crippen LogP contribution in [0.4, 0.5) is 0 Å². The van der Waals surface area contributed by atoms with Crippen LogP contribution in [0.3, 0.4) is 0 Å². The first-order chi connectivity index (χ1) is 12.4. The highest BCUT2D eigenvalue weighted by molar-refractivity contribution is 6.30. The van der Waals surface area contributed by atoms with Crippen LogP contribution in [-0.2, 0) is 16.1 Å². The zero-order valence-electron chi connectivity index (χ0n) is 14.4. The van der Waals surface area contributed by atoms with Gasteiger partial charge < -0.3 is 24.8 Å². The normalized spacial score (nSPS) is 26.0. The van der Waals surface area contributed by atoms with Crippen molar-refractivity contribution in [2.24, 2.45) is 0 Å². The maximum atomic E-state index is 10.8. The zero-order chi connectivity index (χ0) is 18.7. The van der Waals surface area contributed by atoms with E-state index in [2.05, 4.69) is 4.90 Å². The molecule has 0 aromatic heterocycles. The first-order valence-corrected chi connectivity index (χ1v) is 9.13. The molecule has 144 valence electrons. The molecule has 8 heteroatoms. The number of nitrogens with zero attached hydrogens (tertiary/aromatic N) is 1. The van der Waals surface area contributed by atoms with E-state index >= 15 is 0 Å². The molecule has 0 radical (unpaired) electrons. The summed E-state index contributed by atoms with van der Waals surface area (Å²) >= 11 is 6.08. The fourth-order valence-corrected chi connectivity index (χ4v) is 3.89. The van der Waals surface area contributed by atoms with Crippen LogP contribution in [-0.4, -0.2) is 70.3 Å². The van der Waals surface area contributed by atoms with Crippen molar-refractivity contribution in [2.45, 2.75) is 43.6 Å². The van der Waals surface area contributed by atoms with Gasteiger partial charge in [-0.15, -0.1) is 0 Å². The maximum Gasteiger partial charge on any atom is 0.341 e. The summed E-state index contributed by atoms with van der Waals surface area (Å²) in [6.45, 7) is 1.99. The molecule has 3 N–H and O–H groups in total. The molecule has 2 fully saturated rings. The Balaban J connectivity index is 1.64. The number of hydrogen-bond acceptors (Lipinski definition) is 6. The van der Waals surface area contributed by atoms with E-state index < -0.39 is 30.4 Å². The minimum atomic E-state index is -1.03. The standard InChI is InChI=1S/C18H24ClNO6/c19-13-1-2-15(25-11-16(22)23)12(9-13)10-20-6-4-18(5-7-20)17(24)14(21)3-8-26-18/h1-2,9,14,17,21,24H,3-8,10-11H2,(H,22,23)/t14-,17-/m0/s1. The summed E-state index contributed by atoms with van der Waals surface area (Å²) in [4.78, 5) is 12.9. The molecule has 1 aromatic carbocycles. The van der Waals surface area contributed by atoms with E-state index in [9.17, 15) is 15.0 Å². The van der Waals surface area contributed by atoms with Gasteiger partial charge in [-0.1, -0.05) is 11.6 Å². The molecule has 2 heterocycles. The smallest absolute Gasteiger partial charge is 0.341 e. The van der Waals surface area contributed by atoms with Crippen LogP contribution < -0.4 is 4.74 Å².